The molecule has 1 aromatic carbocycles. The second-order valence-corrected chi connectivity index (χ2v) is 4.57. The highest BCUT2D eigenvalue weighted by Crippen LogP contribution is 2.25. The molecule has 5 nitrogen and oxygen atoms in total. The number of amides is 1. The summed E-state index contributed by atoms with van der Waals surface area (Å²) in [6.45, 7) is 7.44. The molecule has 0 fully saturated rings. The van der Waals surface area contributed by atoms with E-state index in [0.717, 1.165) is 24.6 Å². The zero-order valence-corrected chi connectivity index (χ0v) is 13.2. The van der Waals surface area contributed by atoms with Crippen molar-refractivity contribution in [2.75, 3.05) is 39.9 Å². The topological polar surface area (TPSA) is 50.8 Å². The largest absolute Gasteiger partial charge is 0.493 e. The highest BCUT2D eigenvalue weighted by molar-refractivity contribution is 5.76. The molecule has 118 valence electrons. The van der Waals surface area contributed by atoms with Crippen molar-refractivity contribution in [2.45, 2.75) is 20.3 Å². The van der Waals surface area contributed by atoms with Crippen molar-refractivity contribution in [3.05, 3.63) is 24.3 Å². The van der Waals surface area contributed by atoms with Crippen LogP contribution in [0, 0.1) is 0 Å². The van der Waals surface area contributed by atoms with Crippen molar-refractivity contribution < 1.29 is 14.3 Å². The smallest absolute Gasteiger partial charge is 0.223 e. The first-order valence-corrected chi connectivity index (χ1v) is 7.47. The maximum Gasteiger partial charge on any atom is 0.223 e. The van der Waals surface area contributed by atoms with Gasteiger partial charge in [0.05, 0.1) is 7.11 Å². The van der Waals surface area contributed by atoms with Gasteiger partial charge in [0, 0.05) is 32.6 Å². The quantitative estimate of drug-likeness (QED) is 0.670. The fraction of sp³-hybridized carbons (Fsp3) is 0.562. The maximum absolute atomic E-state index is 11.8. The molecule has 1 rings (SSSR count). The van der Waals surface area contributed by atoms with Crippen LogP contribution in [0.5, 0.6) is 11.5 Å². The lowest BCUT2D eigenvalue weighted by Crippen LogP contribution is -2.33. The number of hydrogen-bond donors (Lipinski definition) is 1. The molecule has 5 heteroatoms. The van der Waals surface area contributed by atoms with E-state index < -0.39 is 0 Å². The van der Waals surface area contributed by atoms with Crippen LogP contribution < -0.4 is 14.8 Å². The zero-order chi connectivity index (χ0) is 15.5. The Hall–Kier alpha value is -1.75. The fourth-order valence-corrected chi connectivity index (χ4v) is 2.03. The highest BCUT2D eigenvalue weighted by atomic mass is 16.5. The number of hydrogen-bond acceptors (Lipinski definition) is 4. The predicted molar refractivity (Wildman–Crippen MR) is 83.9 cm³/mol. The number of carbonyl (C=O) groups excluding carboxylic acids is 1. The molecule has 0 unspecified atom stereocenters. The van der Waals surface area contributed by atoms with E-state index in [9.17, 15) is 4.79 Å². The lowest BCUT2D eigenvalue weighted by Gasteiger charge is -2.18. The highest BCUT2D eigenvalue weighted by Gasteiger charge is 2.08. The van der Waals surface area contributed by atoms with Crippen molar-refractivity contribution in [3.63, 3.8) is 0 Å². The first kappa shape index (κ1) is 17.3. The fourth-order valence-electron chi connectivity index (χ4n) is 2.03. The molecule has 0 spiro atoms. The first-order chi connectivity index (χ1) is 10.2. The van der Waals surface area contributed by atoms with Crippen LogP contribution >= 0.6 is 0 Å². The molecule has 0 aliphatic heterocycles. The Morgan fingerprint density at radius 3 is 2.43 bits per heavy atom. The van der Waals surface area contributed by atoms with E-state index in [1.165, 1.54) is 0 Å². The number of ether oxygens (including phenoxy) is 2. The molecule has 0 atom stereocenters. The Morgan fingerprint density at radius 1 is 1.14 bits per heavy atom. The summed E-state index contributed by atoms with van der Waals surface area (Å²) in [5, 5.41) is 3.21. The van der Waals surface area contributed by atoms with Crippen LogP contribution in [-0.4, -0.2) is 50.7 Å². The second kappa shape index (κ2) is 10.0. The number of methoxy groups -OCH3 is 1. The molecule has 21 heavy (non-hydrogen) atoms. The zero-order valence-electron chi connectivity index (χ0n) is 13.2. The Bertz CT molecular complexity index is 420. The normalized spacial score (nSPS) is 10.2. The summed E-state index contributed by atoms with van der Waals surface area (Å²) >= 11 is 0. The average molecular weight is 294 g/mol. The summed E-state index contributed by atoms with van der Waals surface area (Å²) in [6.07, 6.45) is 0.524. The first-order valence-electron chi connectivity index (χ1n) is 7.47. The molecule has 0 aromatic heterocycles. The standard InChI is InChI=1S/C16H26N2O3/c1-4-18(5-2)16(19)10-11-17-12-13-21-15-9-7-6-8-14(15)20-3/h6-9,17H,4-5,10-13H2,1-3H3. The van der Waals surface area contributed by atoms with Gasteiger partial charge in [0.15, 0.2) is 11.5 Å². The van der Waals surface area contributed by atoms with Crippen molar-refractivity contribution in [1.29, 1.82) is 0 Å². The number of rotatable bonds is 10. The van der Waals surface area contributed by atoms with E-state index in [4.69, 9.17) is 9.47 Å². The molecule has 1 N–H and O–H groups in total. The van der Waals surface area contributed by atoms with E-state index in [1.807, 2.05) is 43.0 Å². The minimum atomic E-state index is 0.193. The van der Waals surface area contributed by atoms with Crippen molar-refractivity contribution in [3.8, 4) is 11.5 Å². The number of para-hydroxylation sites is 2. The van der Waals surface area contributed by atoms with Gasteiger partial charge in [0.25, 0.3) is 0 Å². The molecular formula is C16H26N2O3. The van der Waals surface area contributed by atoms with Gasteiger partial charge in [-0.3, -0.25) is 4.79 Å². The summed E-state index contributed by atoms with van der Waals surface area (Å²) in [7, 11) is 1.62. The Kier molecular flexibility index (Phi) is 8.28. The lowest BCUT2D eigenvalue weighted by atomic mass is 10.3. The summed E-state index contributed by atoms with van der Waals surface area (Å²) in [5.74, 6) is 1.66. The third kappa shape index (κ3) is 6.04. The minimum Gasteiger partial charge on any atom is -0.493 e. The van der Waals surface area contributed by atoms with Gasteiger partial charge in [-0.2, -0.15) is 0 Å². The van der Waals surface area contributed by atoms with E-state index in [1.54, 1.807) is 7.11 Å². The molecule has 0 saturated heterocycles. The second-order valence-electron chi connectivity index (χ2n) is 4.57. The maximum atomic E-state index is 11.8. The Morgan fingerprint density at radius 2 is 1.81 bits per heavy atom. The number of carbonyl (C=O) groups is 1. The van der Waals surface area contributed by atoms with Gasteiger partial charge in [-0.05, 0) is 26.0 Å². The van der Waals surface area contributed by atoms with Gasteiger partial charge >= 0.3 is 0 Å². The van der Waals surface area contributed by atoms with Gasteiger partial charge in [-0.25, -0.2) is 0 Å². The van der Waals surface area contributed by atoms with Crippen molar-refractivity contribution in [1.82, 2.24) is 10.2 Å². The van der Waals surface area contributed by atoms with Gasteiger partial charge < -0.3 is 19.7 Å². The van der Waals surface area contributed by atoms with Crippen LogP contribution in [0.1, 0.15) is 20.3 Å². The van der Waals surface area contributed by atoms with Crippen molar-refractivity contribution in [2.24, 2.45) is 0 Å². The van der Waals surface area contributed by atoms with Gasteiger partial charge in [-0.1, -0.05) is 12.1 Å². The van der Waals surface area contributed by atoms with Crippen LogP contribution in [0.3, 0.4) is 0 Å². The van der Waals surface area contributed by atoms with Gasteiger partial charge in [-0.15, -0.1) is 0 Å². The SMILES string of the molecule is CCN(CC)C(=O)CCNCCOc1ccccc1OC. The molecule has 0 aliphatic rings. The van der Waals surface area contributed by atoms with E-state index in [2.05, 4.69) is 5.32 Å². The molecule has 0 saturated carbocycles. The van der Waals surface area contributed by atoms with E-state index >= 15 is 0 Å². The average Bonchev–Trinajstić information content (AvgIpc) is 2.52. The molecule has 1 aromatic rings. The summed E-state index contributed by atoms with van der Waals surface area (Å²) < 4.78 is 10.9. The van der Waals surface area contributed by atoms with Crippen LogP contribution in [0.2, 0.25) is 0 Å². The molecule has 1 amide bonds. The minimum absolute atomic E-state index is 0.193. The number of benzene rings is 1. The van der Waals surface area contributed by atoms with E-state index in [0.29, 0.717) is 26.1 Å². The third-order valence-corrected chi connectivity index (χ3v) is 3.24. The van der Waals surface area contributed by atoms with Crippen LogP contribution in [0.25, 0.3) is 0 Å². The Labute approximate surface area is 127 Å². The van der Waals surface area contributed by atoms with Crippen molar-refractivity contribution >= 4 is 5.91 Å². The number of nitrogens with zero attached hydrogens (tertiary/aromatic N) is 1. The van der Waals surface area contributed by atoms with E-state index in [-0.39, 0.29) is 5.91 Å². The summed E-state index contributed by atoms with van der Waals surface area (Å²) in [5.41, 5.74) is 0. The van der Waals surface area contributed by atoms with Crippen LogP contribution in [0.4, 0.5) is 0 Å². The monoisotopic (exact) mass is 294 g/mol. The third-order valence-electron chi connectivity index (χ3n) is 3.24. The molecule has 0 aliphatic carbocycles. The lowest BCUT2D eigenvalue weighted by molar-refractivity contribution is -0.130. The van der Waals surface area contributed by atoms with Gasteiger partial charge in [0.1, 0.15) is 6.61 Å². The Balaban J connectivity index is 2.16. The molecule has 0 heterocycles. The van der Waals surface area contributed by atoms with Gasteiger partial charge in [0.2, 0.25) is 5.91 Å². The summed E-state index contributed by atoms with van der Waals surface area (Å²) in [4.78, 5) is 13.6. The predicted octanol–water partition coefficient (Wildman–Crippen LogP) is 1.92. The van der Waals surface area contributed by atoms with Crippen LogP contribution in [0.15, 0.2) is 24.3 Å². The molecular weight excluding hydrogens is 268 g/mol. The molecule has 0 bridgehead atoms. The molecule has 0 radical (unpaired) electrons. The summed E-state index contributed by atoms with van der Waals surface area (Å²) in [6, 6.07) is 7.56. The van der Waals surface area contributed by atoms with Crippen LogP contribution in [-0.2, 0) is 4.79 Å². The number of nitrogens with one attached hydrogen (secondary N) is 1.